The van der Waals surface area contributed by atoms with E-state index in [2.05, 4.69) is 53.9 Å². The second-order valence-corrected chi connectivity index (χ2v) is 6.59. The van der Waals surface area contributed by atoms with Crippen LogP contribution in [0.25, 0.3) is 10.9 Å². The van der Waals surface area contributed by atoms with Gasteiger partial charge in [0.2, 0.25) is 0 Å². The third kappa shape index (κ3) is 6.85. The number of aromatic nitrogens is 1. The first-order chi connectivity index (χ1) is 12.3. The smallest absolute Gasteiger partial charge is 0.169 e. The Morgan fingerprint density at radius 2 is 1.72 bits per heavy atom. The number of hydrogen-bond acceptors (Lipinski definition) is 3. The molecule has 0 N–H and O–H groups in total. The molecule has 0 aliphatic carbocycles. The van der Waals surface area contributed by atoms with Crippen LogP contribution in [0.5, 0.6) is 0 Å². The van der Waals surface area contributed by atoms with Crippen LogP contribution in [0, 0.1) is 0 Å². The van der Waals surface area contributed by atoms with Crippen molar-refractivity contribution in [3.63, 3.8) is 0 Å². The molecule has 1 aromatic carbocycles. The topological polar surface area (TPSA) is 34.5 Å². The van der Waals surface area contributed by atoms with E-state index in [1.807, 2.05) is 0 Å². The summed E-state index contributed by atoms with van der Waals surface area (Å²) in [7, 11) is 0. The molecule has 2 aromatic rings. The van der Waals surface area contributed by atoms with Crippen molar-refractivity contribution < 1.29 is 4.74 Å². The van der Waals surface area contributed by atoms with Gasteiger partial charge < -0.3 is 4.74 Å². The van der Waals surface area contributed by atoms with Crippen LogP contribution in [0.15, 0.2) is 35.3 Å². The van der Waals surface area contributed by atoms with E-state index in [1.165, 1.54) is 73.5 Å². The number of hydrogen-bond donors (Lipinski definition) is 0. The van der Waals surface area contributed by atoms with Crippen LogP contribution in [0.3, 0.4) is 0 Å². The highest BCUT2D eigenvalue weighted by Crippen LogP contribution is 2.21. The van der Waals surface area contributed by atoms with E-state index < -0.39 is 0 Å². The molecule has 0 unspecified atom stereocenters. The normalized spacial score (nSPS) is 12.7. The third-order valence-corrected chi connectivity index (χ3v) is 4.43. The molecule has 0 radical (unpaired) electrons. The zero-order valence-electron chi connectivity index (χ0n) is 15.8. The van der Waals surface area contributed by atoms with Crippen molar-refractivity contribution >= 4 is 17.3 Å². The first-order valence-electron chi connectivity index (χ1n) is 9.82. The lowest BCUT2D eigenvalue weighted by atomic mass is 10.0. The van der Waals surface area contributed by atoms with Gasteiger partial charge in [0, 0.05) is 11.1 Å². The van der Waals surface area contributed by atoms with Gasteiger partial charge >= 0.3 is 0 Å². The molecule has 1 aliphatic heterocycles. The third-order valence-electron chi connectivity index (χ3n) is 4.43. The lowest BCUT2D eigenvalue weighted by molar-refractivity contribution is 0.361. The van der Waals surface area contributed by atoms with E-state index in [0.717, 1.165) is 19.6 Å². The van der Waals surface area contributed by atoms with Gasteiger partial charge in [0.15, 0.2) is 6.40 Å². The quantitative estimate of drug-likeness (QED) is 0.574. The molecule has 0 saturated carbocycles. The van der Waals surface area contributed by atoms with Crippen molar-refractivity contribution in [2.24, 2.45) is 4.99 Å². The zero-order valence-corrected chi connectivity index (χ0v) is 15.8. The van der Waals surface area contributed by atoms with Crippen LogP contribution in [0.1, 0.15) is 63.6 Å². The molecule has 25 heavy (non-hydrogen) atoms. The van der Waals surface area contributed by atoms with Gasteiger partial charge in [-0.2, -0.15) is 0 Å². The Kier molecular flexibility index (Phi) is 9.03. The highest BCUT2D eigenvalue weighted by molar-refractivity contribution is 5.82. The Bertz CT molecular complexity index is 646. The number of benzene rings is 1. The Morgan fingerprint density at radius 3 is 2.36 bits per heavy atom. The van der Waals surface area contributed by atoms with Crippen LogP contribution in [-0.2, 0) is 17.6 Å². The second kappa shape index (κ2) is 11.6. The molecule has 3 heteroatoms. The van der Waals surface area contributed by atoms with Gasteiger partial charge in [-0.3, -0.25) is 9.98 Å². The predicted molar refractivity (Wildman–Crippen MR) is 108 cm³/mol. The fourth-order valence-electron chi connectivity index (χ4n) is 3.03. The molecule has 0 fully saturated rings. The number of nitrogens with zero attached hydrogens (tertiary/aromatic N) is 2. The van der Waals surface area contributed by atoms with Crippen molar-refractivity contribution in [3.8, 4) is 0 Å². The Labute approximate surface area is 152 Å². The number of fused-ring (bicyclic) bond motifs is 1. The molecular formula is C22H32N2O. The summed E-state index contributed by atoms with van der Waals surface area (Å²) in [5, 5.41) is 1.35. The maximum Gasteiger partial charge on any atom is 0.169 e. The maximum atomic E-state index is 4.84. The van der Waals surface area contributed by atoms with Gasteiger partial charge in [-0.1, -0.05) is 57.7 Å². The largest absolute Gasteiger partial charge is 0.482 e. The van der Waals surface area contributed by atoms with Crippen molar-refractivity contribution in [2.75, 3.05) is 13.2 Å². The molecule has 0 saturated heterocycles. The van der Waals surface area contributed by atoms with Gasteiger partial charge in [-0.15, -0.1) is 0 Å². The Morgan fingerprint density at radius 1 is 0.960 bits per heavy atom. The summed E-state index contributed by atoms with van der Waals surface area (Å²) >= 11 is 0. The van der Waals surface area contributed by atoms with E-state index in [0.29, 0.717) is 0 Å². The molecule has 1 aliphatic rings. The van der Waals surface area contributed by atoms with E-state index >= 15 is 0 Å². The highest BCUT2D eigenvalue weighted by atomic mass is 16.5. The highest BCUT2D eigenvalue weighted by Gasteiger charge is 2.05. The molecule has 0 bridgehead atoms. The molecule has 3 nitrogen and oxygen atoms in total. The molecule has 0 atom stereocenters. The van der Waals surface area contributed by atoms with Gasteiger partial charge in [0.1, 0.15) is 6.61 Å². The van der Waals surface area contributed by atoms with E-state index in [9.17, 15) is 0 Å². The SMILES string of the molecule is C1=NCCO1.CCCCCc1cc(CCCCC)c2ccccc2n1. The number of unbranched alkanes of at least 4 members (excludes halogenated alkanes) is 4. The average Bonchev–Trinajstić information content (AvgIpc) is 3.22. The van der Waals surface area contributed by atoms with Crippen LogP contribution >= 0.6 is 0 Å². The monoisotopic (exact) mass is 340 g/mol. The summed E-state index contributed by atoms with van der Waals surface area (Å²) in [5.41, 5.74) is 3.95. The van der Waals surface area contributed by atoms with Gasteiger partial charge in [0.25, 0.3) is 0 Å². The fourth-order valence-corrected chi connectivity index (χ4v) is 3.03. The van der Waals surface area contributed by atoms with Crippen molar-refractivity contribution in [1.29, 1.82) is 0 Å². The van der Waals surface area contributed by atoms with Gasteiger partial charge in [0.05, 0.1) is 12.1 Å². The molecule has 0 spiro atoms. The lowest BCUT2D eigenvalue weighted by Gasteiger charge is -2.09. The second-order valence-electron chi connectivity index (χ2n) is 6.59. The number of aryl methyl sites for hydroxylation is 2. The van der Waals surface area contributed by atoms with E-state index in [4.69, 9.17) is 4.98 Å². The summed E-state index contributed by atoms with van der Waals surface area (Å²) in [4.78, 5) is 8.57. The summed E-state index contributed by atoms with van der Waals surface area (Å²) in [6.07, 6.45) is 11.5. The minimum atomic E-state index is 0.778. The van der Waals surface area contributed by atoms with Crippen molar-refractivity contribution in [1.82, 2.24) is 4.98 Å². The van der Waals surface area contributed by atoms with Crippen LogP contribution in [0.4, 0.5) is 0 Å². The standard InChI is InChI=1S/C19H27N.C3H5NO/c1-3-5-7-11-16-15-17(12-8-6-4-2)20-19-14-10-9-13-18(16)19;1-2-5-3-4-1/h9-10,13-15H,3-8,11-12H2,1-2H3;3H,1-2H2. The van der Waals surface area contributed by atoms with Gasteiger partial charge in [-0.05, 0) is 43.4 Å². The Balaban J connectivity index is 0.000000386. The lowest BCUT2D eigenvalue weighted by Crippen LogP contribution is -1.96. The summed E-state index contributed by atoms with van der Waals surface area (Å²) < 4.78 is 4.65. The predicted octanol–water partition coefficient (Wildman–Crippen LogP) is 5.75. The summed E-state index contributed by atoms with van der Waals surface area (Å²) in [5.74, 6) is 0. The molecule has 3 rings (SSSR count). The maximum absolute atomic E-state index is 4.84. The minimum Gasteiger partial charge on any atom is -0.482 e. The zero-order chi connectivity index (χ0) is 17.7. The number of rotatable bonds is 8. The summed E-state index contributed by atoms with van der Waals surface area (Å²) in [6.45, 7) is 6.14. The number of pyridine rings is 1. The van der Waals surface area contributed by atoms with Crippen molar-refractivity contribution in [3.05, 3.63) is 41.6 Å². The van der Waals surface area contributed by atoms with Crippen LogP contribution < -0.4 is 0 Å². The molecular weight excluding hydrogens is 308 g/mol. The number of ether oxygens (including phenoxy) is 1. The molecule has 1 aromatic heterocycles. The number of para-hydroxylation sites is 1. The van der Waals surface area contributed by atoms with E-state index in [-0.39, 0.29) is 0 Å². The number of aliphatic imine (C=N–C) groups is 1. The minimum absolute atomic E-state index is 0.778. The molecule has 2 heterocycles. The van der Waals surface area contributed by atoms with E-state index in [1.54, 1.807) is 0 Å². The summed E-state index contributed by atoms with van der Waals surface area (Å²) in [6, 6.07) is 11.0. The molecule has 136 valence electrons. The fraction of sp³-hybridized carbons (Fsp3) is 0.545. The molecule has 0 amide bonds. The van der Waals surface area contributed by atoms with Gasteiger partial charge in [-0.25, -0.2) is 0 Å². The first kappa shape index (κ1) is 19.4. The van der Waals surface area contributed by atoms with Crippen molar-refractivity contribution in [2.45, 2.75) is 65.2 Å². The van der Waals surface area contributed by atoms with Crippen LogP contribution in [-0.4, -0.2) is 24.5 Å². The Hall–Kier alpha value is -1.90. The van der Waals surface area contributed by atoms with Crippen LogP contribution in [0.2, 0.25) is 0 Å². The average molecular weight is 341 g/mol. The first-order valence-corrected chi connectivity index (χ1v) is 9.82.